The van der Waals surface area contributed by atoms with Crippen LogP contribution < -0.4 is 0 Å². The molecule has 4 heteroatoms. The molecule has 0 heterocycles. The summed E-state index contributed by atoms with van der Waals surface area (Å²) in [4.78, 5) is 5.86. The summed E-state index contributed by atoms with van der Waals surface area (Å²) in [7, 11) is 3.82. The maximum Gasteiger partial charge on any atom is 0.181 e. The van der Waals surface area contributed by atoms with Crippen LogP contribution >= 0.6 is 11.8 Å². The molecule has 0 aromatic carbocycles. The van der Waals surface area contributed by atoms with E-state index in [-0.39, 0.29) is 0 Å². The Balaban J connectivity index is 4.03. The molecule has 0 amide bonds. The van der Waals surface area contributed by atoms with Gasteiger partial charge >= 0.3 is 0 Å². The van der Waals surface area contributed by atoms with Crippen molar-refractivity contribution in [3.63, 3.8) is 0 Å². The Morgan fingerprint density at radius 2 is 2.00 bits per heavy atom. The quantitative estimate of drug-likeness (QED) is 0.427. The lowest BCUT2D eigenvalue weighted by molar-refractivity contribution is 0.620. The smallest absolute Gasteiger partial charge is 0.181 e. The van der Waals surface area contributed by atoms with Gasteiger partial charge in [-0.3, -0.25) is 5.41 Å². The van der Waals surface area contributed by atoms with Gasteiger partial charge in [-0.1, -0.05) is 11.8 Å². The molecule has 10 heavy (non-hydrogen) atoms. The second-order valence-corrected chi connectivity index (χ2v) is 2.86. The highest BCUT2D eigenvalue weighted by Gasteiger charge is 1.94. The minimum absolute atomic E-state index is 0.353. The molecule has 0 fully saturated rings. The lowest BCUT2D eigenvalue weighted by Crippen LogP contribution is -2.19. The third kappa shape index (κ3) is 3.50. The topological polar surface area (TPSA) is 39.5 Å². The average Bonchev–Trinajstić information content (AvgIpc) is 1.87. The van der Waals surface area contributed by atoms with Crippen molar-refractivity contribution in [3.05, 3.63) is 0 Å². The van der Waals surface area contributed by atoms with Crippen LogP contribution in [0, 0.1) is 5.41 Å². The summed E-state index contributed by atoms with van der Waals surface area (Å²) in [6, 6.07) is 0. The zero-order valence-electron chi connectivity index (χ0n) is 6.80. The minimum atomic E-state index is 0.353. The summed E-state index contributed by atoms with van der Waals surface area (Å²) < 4.78 is 0. The van der Waals surface area contributed by atoms with E-state index in [4.69, 9.17) is 5.41 Å². The van der Waals surface area contributed by atoms with E-state index in [1.165, 1.54) is 11.8 Å². The highest BCUT2D eigenvalue weighted by molar-refractivity contribution is 8.13. The molecule has 0 aromatic heterocycles. The van der Waals surface area contributed by atoms with Crippen LogP contribution in [0.4, 0.5) is 0 Å². The van der Waals surface area contributed by atoms with Crippen molar-refractivity contribution >= 4 is 22.8 Å². The Morgan fingerprint density at radius 3 is 2.30 bits per heavy atom. The molecular formula is C6H13N3S. The van der Waals surface area contributed by atoms with Gasteiger partial charge in [0.05, 0.1) is 0 Å². The molecule has 0 spiro atoms. The fraction of sp³-hybridized carbons (Fsp3) is 0.667. The van der Waals surface area contributed by atoms with Gasteiger partial charge in [-0.2, -0.15) is 0 Å². The van der Waals surface area contributed by atoms with Gasteiger partial charge in [0.25, 0.3) is 0 Å². The Labute approximate surface area is 66.0 Å². The number of rotatable bonds is 0. The highest BCUT2D eigenvalue weighted by atomic mass is 32.2. The van der Waals surface area contributed by atoms with Crippen molar-refractivity contribution in [1.29, 1.82) is 5.41 Å². The van der Waals surface area contributed by atoms with Crippen LogP contribution in [0.25, 0.3) is 0 Å². The first-order valence-electron chi connectivity index (χ1n) is 2.93. The number of hydrogen-bond donors (Lipinski definition) is 1. The summed E-state index contributed by atoms with van der Waals surface area (Å²) >= 11 is 1.34. The summed E-state index contributed by atoms with van der Waals surface area (Å²) in [5.41, 5.74) is 0. The van der Waals surface area contributed by atoms with Gasteiger partial charge in [0.2, 0.25) is 0 Å². The summed E-state index contributed by atoms with van der Waals surface area (Å²) in [5, 5.41) is 7.56. The molecular weight excluding hydrogens is 146 g/mol. The van der Waals surface area contributed by atoms with Gasteiger partial charge in [0.1, 0.15) is 5.84 Å². The molecule has 0 bridgehead atoms. The van der Waals surface area contributed by atoms with Crippen LogP contribution in [0.15, 0.2) is 4.99 Å². The average molecular weight is 159 g/mol. The van der Waals surface area contributed by atoms with Gasteiger partial charge in [-0.15, -0.1) is 0 Å². The van der Waals surface area contributed by atoms with E-state index in [0.29, 0.717) is 5.17 Å². The van der Waals surface area contributed by atoms with E-state index in [1.54, 1.807) is 0 Å². The minimum Gasteiger partial charge on any atom is -0.366 e. The lowest BCUT2D eigenvalue weighted by Gasteiger charge is -2.10. The monoisotopic (exact) mass is 159 g/mol. The standard InChI is InChI=1S/C6H13N3S/c1-5(9(2)3)8-6(7)10-4/h7H,1-4H3/b7-6?,8-5-. The molecule has 0 aliphatic heterocycles. The van der Waals surface area contributed by atoms with Gasteiger partial charge in [0.15, 0.2) is 5.17 Å². The first-order chi connectivity index (χ1) is 4.57. The summed E-state index contributed by atoms with van der Waals surface area (Å²) in [6.45, 7) is 1.88. The van der Waals surface area contributed by atoms with Gasteiger partial charge in [-0.05, 0) is 13.2 Å². The SMILES string of the molecule is CSC(=N)/N=C(/C)N(C)C. The van der Waals surface area contributed by atoms with Crippen LogP contribution in [0.3, 0.4) is 0 Å². The van der Waals surface area contributed by atoms with Gasteiger partial charge in [0, 0.05) is 14.1 Å². The van der Waals surface area contributed by atoms with Crippen LogP contribution in [0.1, 0.15) is 6.92 Å². The van der Waals surface area contributed by atoms with E-state index in [9.17, 15) is 0 Å². The molecule has 1 N–H and O–H groups in total. The van der Waals surface area contributed by atoms with Crippen molar-refractivity contribution in [2.24, 2.45) is 4.99 Å². The van der Waals surface area contributed by atoms with E-state index in [0.717, 1.165) is 5.84 Å². The number of hydrogen-bond acceptors (Lipinski definition) is 2. The predicted octanol–water partition coefficient (Wildman–Crippen LogP) is 1.26. The molecule has 0 radical (unpaired) electrons. The zero-order valence-corrected chi connectivity index (χ0v) is 7.62. The summed E-state index contributed by atoms with van der Waals surface area (Å²) in [6.07, 6.45) is 1.84. The van der Waals surface area contributed by atoms with Crippen LogP contribution in [-0.4, -0.2) is 36.3 Å². The van der Waals surface area contributed by atoms with Crippen molar-refractivity contribution < 1.29 is 0 Å². The molecule has 0 saturated heterocycles. The third-order valence-corrected chi connectivity index (χ3v) is 1.58. The molecule has 0 unspecified atom stereocenters. The number of aliphatic imine (C=N–C) groups is 1. The fourth-order valence-electron chi connectivity index (χ4n) is 0.293. The number of nitrogens with one attached hydrogen (secondary N) is 1. The fourth-order valence-corrected chi connectivity index (χ4v) is 0.516. The molecule has 0 saturated carbocycles. The van der Waals surface area contributed by atoms with Crippen molar-refractivity contribution in [2.45, 2.75) is 6.92 Å². The zero-order chi connectivity index (χ0) is 8.15. The van der Waals surface area contributed by atoms with E-state index >= 15 is 0 Å². The second kappa shape index (κ2) is 4.33. The maximum atomic E-state index is 7.21. The number of thioether (sulfide) groups is 1. The second-order valence-electron chi connectivity index (χ2n) is 2.06. The highest BCUT2D eigenvalue weighted by Crippen LogP contribution is 1.97. The number of amidine groups is 2. The van der Waals surface area contributed by atoms with E-state index in [2.05, 4.69) is 4.99 Å². The molecule has 0 rings (SSSR count). The maximum absolute atomic E-state index is 7.21. The Morgan fingerprint density at radius 1 is 1.50 bits per heavy atom. The van der Waals surface area contributed by atoms with Crippen molar-refractivity contribution in [2.75, 3.05) is 20.4 Å². The first-order valence-corrected chi connectivity index (χ1v) is 4.15. The molecule has 0 atom stereocenters. The van der Waals surface area contributed by atoms with Crippen LogP contribution in [0.5, 0.6) is 0 Å². The van der Waals surface area contributed by atoms with Crippen molar-refractivity contribution in [3.8, 4) is 0 Å². The molecule has 3 nitrogen and oxygen atoms in total. The Bertz CT molecular complexity index is 151. The molecule has 58 valence electrons. The Kier molecular flexibility index (Phi) is 4.11. The van der Waals surface area contributed by atoms with Crippen LogP contribution in [0.2, 0.25) is 0 Å². The predicted molar refractivity (Wildman–Crippen MR) is 48.0 cm³/mol. The number of nitrogens with zero attached hydrogens (tertiary/aromatic N) is 2. The van der Waals surface area contributed by atoms with Gasteiger partial charge < -0.3 is 4.90 Å². The molecule has 0 aliphatic rings. The van der Waals surface area contributed by atoms with E-state index < -0.39 is 0 Å². The lowest BCUT2D eigenvalue weighted by atomic mass is 10.6. The van der Waals surface area contributed by atoms with Gasteiger partial charge in [-0.25, -0.2) is 4.99 Å². The third-order valence-electron chi connectivity index (χ3n) is 1.10. The van der Waals surface area contributed by atoms with Crippen LogP contribution in [-0.2, 0) is 0 Å². The normalized spacial score (nSPS) is 11.4. The Hall–Kier alpha value is -0.510. The molecule has 0 aliphatic carbocycles. The summed E-state index contributed by atoms with van der Waals surface area (Å²) in [5.74, 6) is 0.861. The molecule has 0 aromatic rings. The van der Waals surface area contributed by atoms with Crippen molar-refractivity contribution in [1.82, 2.24) is 4.90 Å². The largest absolute Gasteiger partial charge is 0.366 e. The van der Waals surface area contributed by atoms with E-state index in [1.807, 2.05) is 32.2 Å². The first kappa shape index (κ1) is 9.49.